The first-order valence-electron chi connectivity index (χ1n) is 3.73. The summed E-state index contributed by atoms with van der Waals surface area (Å²) in [5.74, 6) is 0.717. The van der Waals surface area contributed by atoms with E-state index in [1.54, 1.807) is 13.3 Å². The Morgan fingerprint density at radius 3 is 2.77 bits per heavy atom. The molecular weight excluding hydrogens is 170 g/mol. The lowest BCUT2D eigenvalue weighted by molar-refractivity contribution is 0.145. The molecule has 0 amide bonds. The van der Waals surface area contributed by atoms with Gasteiger partial charge in [-0.3, -0.25) is 0 Å². The van der Waals surface area contributed by atoms with Crippen LogP contribution >= 0.6 is 0 Å². The van der Waals surface area contributed by atoms with Crippen molar-refractivity contribution in [2.45, 2.75) is 6.92 Å². The van der Waals surface area contributed by atoms with E-state index in [1.165, 1.54) is 6.33 Å². The zero-order chi connectivity index (χ0) is 8.81. The predicted molar refractivity (Wildman–Crippen MR) is 49.2 cm³/mol. The molecule has 0 bridgehead atoms. The highest BCUT2D eigenvalue weighted by molar-refractivity contribution is 5.21. The van der Waals surface area contributed by atoms with Crippen LogP contribution in [0.2, 0.25) is 0 Å². The van der Waals surface area contributed by atoms with Crippen LogP contribution in [0.3, 0.4) is 0 Å². The standard InChI is InChI=1S/C8H12N2O2.H3N/c1-7-8(5-9-6-10-7)12-4-3-11-2;/h5-6H,3-4H2,1-2H3;1H3. The van der Waals surface area contributed by atoms with Gasteiger partial charge in [-0.2, -0.15) is 0 Å². The van der Waals surface area contributed by atoms with Gasteiger partial charge in [-0.25, -0.2) is 9.97 Å². The summed E-state index contributed by atoms with van der Waals surface area (Å²) >= 11 is 0. The van der Waals surface area contributed by atoms with Crippen LogP contribution < -0.4 is 10.9 Å². The highest BCUT2D eigenvalue weighted by Gasteiger charge is 1.98. The quantitative estimate of drug-likeness (QED) is 0.707. The normalized spacial score (nSPS) is 9.08. The van der Waals surface area contributed by atoms with Gasteiger partial charge in [0.1, 0.15) is 12.9 Å². The van der Waals surface area contributed by atoms with Crippen molar-refractivity contribution in [1.82, 2.24) is 16.1 Å². The molecule has 0 spiro atoms. The molecule has 5 nitrogen and oxygen atoms in total. The van der Waals surface area contributed by atoms with Crippen LogP contribution in [0.4, 0.5) is 0 Å². The molecule has 0 unspecified atom stereocenters. The molecule has 0 radical (unpaired) electrons. The number of hydrogen-bond acceptors (Lipinski definition) is 5. The Hall–Kier alpha value is -1.20. The van der Waals surface area contributed by atoms with Crippen LogP contribution in [0.5, 0.6) is 5.75 Å². The van der Waals surface area contributed by atoms with Crippen LogP contribution in [0.15, 0.2) is 12.5 Å². The Bertz CT molecular complexity index is 243. The largest absolute Gasteiger partial charge is 0.488 e. The topological polar surface area (TPSA) is 79.2 Å². The smallest absolute Gasteiger partial charge is 0.158 e. The number of ether oxygens (including phenoxy) is 2. The van der Waals surface area contributed by atoms with E-state index in [0.717, 1.165) is 11.4 Å². The third-order valence-electron chi connectivity index (χ3n) is 1.41. The molecule has 1 aromatic rings. The van der Waals surface area contributed by atoms with Gasteiger partial charge in [0.15, 0.2) is 5.75 Å². The Morgan fingerprint density at radius 2 is 2.15 bits per heavy atom. The molecule has 74 valence electrons. The number of aryl methyl sites for hydroxylation is 1. The van der Waals surface area contributed by atoms with E-state index in [4.69, 9.17) is 9.47 Å². The second kappa shape index (κ2) is 6.33. The average Bonchev–Trinajstić information content (AvgIpc) is 2.09. The zero-order valence-electron chi connectivity index (χ0n) is 7.99. The second-order valence-electron chi connectivity index (χ2n) is 2.31. The monoisotopic (exact) mass is 185 g/mol. The molecule has 0 atom stereocenters. The molecule has 13 heavy (non-hydrogen) atoms. The van der Waals surface area contributed by atoms with Gasteiger partial charge in [-0.15, -0.1) is 0 Å². The summed E-state index contributed by atoms with van der Waals surface area (Å²) in [5, 5.41) is 0. The van der Waals surface area contributed by atoms with E-state index in [9.17, 15) is 0 Å². The van der Waals surface area contributed by atoms with Gasteiger partial charge in [0.25, 0.3) is 0 Å². The summed E-state index contributed by atoms with van der Waals surface area (Å²) in [4.78, 5) is 7.83. The molecule has 1 rings (SSSR count). The Kier molecular flexibility index (Phi) is 5.75. The van der Waals surface area contributed by atoms with Gasteiger partial charge in [-0.05, 0) is 6.92 Å². The van der Waals surface area contributed by atoms with Crippen molar-refractivity contribution < 1.29 is 9.47 Å². The SMILES string of the molecule is COCCOc1cncnc1C.N. The van der Waals surface area contributed by atoms with Crippen molar-refractivity contribution in [2.75, 3.05) is 20.3 Å². The minimum absolute atomic E-state index is 0. The summed E-state index contributed by atoms with van der Waals surface area (Å²) in [5.41, 5.74) is 0.848. The molecule has 0 aliphatic rings. The molecule has 0 aromatic carbocycles. The highest BCUT2D eigenvalue weighted by Crippen LogP contribution is 2.10. The Labute approximate surface area is 77.7 Å². The first-order valence-corrected chi connectivity index (χ1v) is 3.73. The van der Waals surface area contributed by atoms with Gasteiger partial charge < -0.3 is 15.6 Å². The first kappa shape index (κ1) is 11.8. The fourth-order valence-electron chi connectivity index (χ4n) is 0.755. The zero-order valence-corrected chi connectivity index (χ0v) is 7.99. The van der Waals surface area contributed by atoms with Crippen molar-refractivity contribution in [3.63, 3.8) is 0 Å². The molecular formula is C8H15N3O2. The van der Waals surface area contributed by atoms with Gasteiger partial charge in [0, 0.05) is 7.11 Å². The van der Waals surface area contributed by atoms with E-state index in [-0.39, 0.29) is 6.15 Å². The van der Waals surface area contributed by atoms with Crippen LogP contribution in [0.25, 0.3) is 0 Å². The Morgan fingerprint density at radius 1 is 1.38 bits per heavy atom. The van der Waals surface area contributed by atoms with E-state index >= 15 is 0 Å². The fraction of sp³-hybridized carbons (Fsp3) is 0.500. The van der Waals surface area contributed by atoms with E-state index in [1.807, 2.05) is 6.92 Å². The third-order valence-corrected chi connectivity index (χ3v) is 1.41. The van der Waals surface area contributed by atoms with Crippen LogP contribution in [0.1, 0.15) is 5.69 Å². The van der Waals surface area contributed by atoms with Gasteiger partial charge in [-0.1, -0.05) is 0 Å². The van der Waals surface area contributed by atoms with Gasteiger partial charge in [0.2, 0.25) is 0 Å². The molecule has 3 N–H and O–H groups in total. The summed E-state index contributed by atoms with van der Waals surface area (Å²) in [6.07, 6.45) is 3.15. The minimum atomic E-state index is 0. The lowest BCUT2D eigenvalue weighted by Gasteiger charge is -2.05. The highest BCUT2D eigenvalue weighted by atomic mass is 16.5. The summed E-state index contributed by atoms with van der Waals surface area (Å²) in [6, 6.07) is 0. The molecule has 1 aromatic heterocycles. The average molecular weight is 185 g/mol. The number of rotatable bonds is 4. The number of methoxy groups -OCH3 is 1. The first-order chi connectivity index (χ1) is 5.84. The number of hydrogen-bond donors (Lipinski definition) is 1. The maximum atomic E-state index is 5.33. The van der Waals surface area contributed by atoms with Crippen LogP contribution in [-0.4, -0.2) is 30.3 Å². The number of aromatic nitrogens is 2. The van der Waals surface area contributed by atoms with Crippen molar-refractivity contribution >= 4 is 0 Å². The minimum Gasteiger partial charge on any atom is -0.488 e. The van der Waals surface area contributed by atoms with Gasteiger partial charge >= 0.3 is 0 Å². The lowest BCUT2D eigenvalue weighted by atomic mass is 10.4. The van der Waals surface area contributed by atoms with Crippen LogP contribution in [-0.2, 0) is 4.74 Å². The Balaban J connectivity index is 0.00000144. The van der Waals surface area contributed by atoms with E-state index in [2.05, 4.69) is 9.97 Å². The van der Waals surface area contributed by atoms with Crippen LogP contribution in [0, 0.1) is 6.92 Å². The lowest BCUT2D eigenvalue weighted by Crippen LogP contribution is -2.05. The van der Waals surface area contributed by atoms with Crippen molar-refractivity contribution in [3.8, 4) is 5.75 Å². The molecule has 5 heteroatoms. The molecule has 1 heterocycles. The van der Waals surface area contributed by atoms with E-state index < -0.39 is 0 Å². The fourth-order valence-corrected chi connectivity index (χ4v) is 0.755. The molecule has 0 aliphatic heterocycles. The molecule has 0 saturated carbocycles. The molecule has 0 saturated heterocycles. The van der Waals surface area contributed by atoms with Crippen molar-refractivity contribution in [1.29, 1.82) is 0 Å². The third kappa shape index (κ3) is 3.82. The van der Waals surface area contributed by atoms with Crippen molar-refractivity contribution in [2.24, 2.45) is 0 Å². The maximum absolute atomic E-state index is 5.33. The van der Waals surface area contributed by atoms with Crippen molar-refractivity contribution in [3.05, 3.63) is 18.2 Å². The predicted octanol–water partition coefficient (Wildman–Crippen LogP) is 0.972. The maximum Gasteiger partial charge on any atom is 0.158 e. The number of nitrogens with zero attached hydrogens (tertiary/aromatic N) is 2. The van der Waals surface area contributed by atoms with Gasteiger partial charge in [0.05, 0.1) is 18.5 Å². The van der Waals surface area contributed by atoms with E-state index in [0.29, 0.717) is 13.2 Å². The second-order valence-corrected chi connectivity index (χ2v) is 2.31. The summed E-state index contributed by atoms with van der Waals surface area (Å²) in [6.45, 7) is 2.99. The summed E-state index contributed by atoms with van der Waals surface area (Å²) < 4.78 is 10.2. The molecule has 0 aliphatic carbocycles. The molecule has 0 fully saturated rings. The summed E-state index contributed by atoms with van der Waals surface area (Å²) in [7, 11) is 1.64.